The number of pyridine rings is 1. The molecule has 0 saturated heterocycles. The Balaban J connectivity index is 1.90. The summed E-state index contributed by atoms with van der Waals surface area (Å²) in [6.45, 7) is 0.165. The number of amides is 1. The average molecular weight is 286 g/mol. The molecule has 0 radical (unpaired) electrons. The van der Waals surface area contributed by atoms with Gasteiger partial charge in [-0.1, -0.05) is 12.1 Å². The zero-order valence-corrected chi connectivity index (χ0v) is 11.1. The maximum atomic E-state index is 11.8. The fourth-order valence-electron chi connectivity index (χ4n) is 1.76. The van der Waals surface area contributed by atoms with E-state index in [9.17, 15) is 9.59 Å². The second-order valence-corrected chi connectivity index (χ2v) is 4.46. The van der Waals surface area contributed by atoms with E-state index >= 15 is 0 Å². The fourth-order valence-corrected chi connectivity index (χ4v) is 1.76. The molecule has 0 spiro atoms. The summed E-state index contributed by atoms with van der Waals surface area (Å²) >= 11 is 0. The second kappa shape index (κ2) is 6.51. The van der Waals surface area contributed by atoms with Crippen molar-refractivity contribution in [3.63, 3.8) is 0 Å². The lowest BCUT2D eigenvalue weighted by molar-refractivity contribution is -0.120. The smallest absolute Gasteiger partial charge is 0.335 e. The molecule has 21 heavy (non-hydrogen) atoms. The monoisotopic (exact) mass is 286 g/mol. The molecule has 0 bridgehead atoms. The van der Waals surface area contributed by atoms with Crippen LogP contribution in [0.25, 0.3) is 0 Å². The number of hydrogen-bond acceptors (Lipinski definition) is 4. The molecular formula is C15H14N2O4. The van der Waals surface area contributed by atoms with Crippen molar-refractivity contribution in [3.05, 3.63) is 59.4 Å². The first kappa shape index (κ1) is 14.5. The van der Waals surface area contributed by atoms with Gasteiger partial charge in [-0.05, 0) is 29.8 Å². The summed E-state index contributed by atoms with van der Waals surface area (Å²) in [5.41, 5.74) is 1.39. The zero-order chi connectivity index (χ0) is 15.2. The Morgan fingerprint density at radius 1 is 1.14 bits per heavy atom. The van der Waals surface area contributed by atoms with Crippen LogP contribution in [0.2, 0.25) is 0 Å². The topological polar surface area (TPSA) is 99.5 Å². The summed E-state index contributed by atoms with van der Waals surface area (Å²) in [6, 6.07) is 9.17. The maximum Gasteiger partial charge on any atom is 0.335 e. The van der Waals surface area contributed by atoms with Crippen molar-refractivity contribution in [3.8, 4) is 5.75 Å². The number of carbonyl (C=O) groups is 2. The van der Waals surface area contributed by atoms with E-state index < -0.39 is 5.97 Å². The van der Waals surface area contributed by atoms with Crippen LogP contribution in [0.3, 0.4) is 0 Å². The van der Waals surface area contributed by atoms with E-state index in [-0.39, 0.29) is 30.2 Å². The van der Waals surface area contributed by atoms with Crippen LogP contribution in [0.4, 0.5) is 0 Å². The number of carbonyl (C=O) groups excluding carboxylic acids is 1. The van der Waals surface area contributed by atoms with Gasteiger partial charge in [-0.15, -0.1) is 0 Å². The summed E-state index contributed by atoms with van der Waals surface area (Å²) < 4.78 is 0. The Morgan fingerprint density at radius 2 is 1.86 bits per heavy atom. The SMILES string of the molecule is O=C(Cc1ccc(O)cc1)NCc1cc(C(=O)O)ccn1. The number of phenolic OH excluding ortho intramolecular Hbond substituents is 1. The lowest BCUT2D eigenvalue weighted by Crippen LogP contribution is -2.25. The molecule has 0 saturated carbocycles. The van der Waals surface area contributed by atoms with Gasteiger partial charge < -0.3 is 15.5 Å². The highest BCUT2D eigenvalue weighted by Gasteiger charge is 2.07. The van der Waals surface area contributed by atoms with E-state index in [2.05, 4.69) is 10.3 Å². The molecule has 2 rings (SSSR count). The summed E-state index contributed by atoms with van der Waals surface area (Å²) in [7, 11) is 0. The highest BCUT2D eigenvalue weighted by Crippen LogP contribution is 2.10. The van der Waals surface area contributed by atoms with Crippen LogP contribution in [0, 0.1) is 0 Å². The highest BCUT2D eigenvalue weighted by molar-refractivity contribution is 5.87. The molecule has 1 aromatic carbocycles. The Labute approximate surface area is 121 Å². The van der Waals surface area contributed by atoms with Crippen LogP contribution in [-0.2, 0) is 17.8 Å². The summed E-state index contributed by atoms with van der Waals surface area (Å²) in [4.78, 5) is 26.6. The van der Waals surface area contributed by atoms with Crippen molar-refractivity contribution in [1.82, 2.24) is 10.3 Å². The summed E-state index contributed by atoms with van der Waals surface area (Å²) in [6.07, 6.45) is 1.57. The van der Waals surface area contributed by atoms with E-state index in [1.54, 1.807) is 12.1 Å². The first-order valence-electron chi connectivity index (χ1n) is 6.27. The van der Waals surface area contributed by atoms with Gasteiger partial charge in [-0.2, -0.15) is 0 Å². The first-order chi connectivity index (χ1) is 10.0. The van der Waals surface area contributed by atoms with Crippen molar-refractivity contribution < 1.29 is 19.8 Å². The van der Waals surface area contributed by atoms with E-state index in [1.807, 2.05) is 0 Å². The number of benzene rings is 1. The molecule has 108 valence electrons. The van der Waals surface area contributed by atoms with Gasteiger partial charge in [0.25, 0.3) is 0 Å². The van der Waals surface area contributed by atoms with E-state index in [0.29, 0.717) is 5.69 Å². The number of hydrogen-bond donors (Lipinski definition) is 3. The van der Waals surface area contributed by atoms with Gasteiger partial charge in [0.2, 0.25) is 5.91 Å². The molecular weight excluding hydrogens is 272 g/mol. The molecule has 6 heteroatoms. The van der Waals surface area contributed by atoms with Crippen molar-refractivity contribution in [2.45, 2.75) is 13.0 Å². The number of nitrogens with zero attached hydrogens (tertiary/aromatic N) is 1. The number of aromatic carboxylic acids is 1. The van der Waals surface area contributed by atoms with Gasteiger partial charge >= 0.3 is 5.97 Å². The van der Waals surface area contributed by atoms with Gasteiger partial charge in [0.05, 0.1) is 24.2 Å². The molecule has 0 aliphatic rings. The summed E-state index contributed by atoms with van der Waals surface area (Å²) in [5.74, 6) is -1.09. The third kappa shape index (κ3) is 4.31. The number of aromatic nitrogens is 1. The standard InChI is InChI=1S/C15H14N2O4/c18-13-3-1-10(2-4-13)7-14(19)17-9-12-8-11(15(20)21)5-6-16-12/h1-6,8,18H,7,9H2,(H,17,19)(H,20,21). The second-order valence-electron chi connectivity index (χ2n) is 4.46. The molecule has 0 aliphatic carbocycles. The number of carboxylic acid groups (broad SMARTS) is 1. The first-order valence-corrected chi connectivity index (χ1v) is 6.27. The van der Waals surface area contributed by atoms with Crippen molar-refractivity contribution in [1.29, 1.82) is 0 Å². The third-order valence-electron chi connectivity index (χ3n) is 2.83. The van der Waals surface area contributed by atoms with Crippen LogP contribution in [0.1, 0.15) is 21.6 Å². The minimum absolute atomic E-state index is 0.132. The van der Waals surface area contributed by atoms with Crippen LogP contribution >= 0.6 is 0 Å². The number of rotatable bonds is 5. The lowest BCUT2D eigenvalue weighted by atomic mass is 10.1. The minimum atomic E-state index is -1.03. The van der Waals surface area contributed by atoms with Crippen molar-refractivity contribution in [2.24, 2.45) is 0 Å². The van der Waals surface area contributed by atoms with E-state index in [1.165, 1.54) is 30.5 Å². The number of phenols is 1. The van der Waals surface area contributed by atoms with Crippen LogP contribution < -0.4 is 5.32 Å². The minimum Gasteiger partial charge on any atom is -0.508 e. The molecule has 1 aromatic heterocycles. The third-order valence-corrected chi connectivity index (χ3v) is 2.83. The predicted molar refractivity (Wildman–Crippen MR) is 74.9 cm³/mol. The molecule has 1 amide bonds. The van der Waals surface area contributed by atoms with Gasteiger partial charge in [-0.25, -0.2) is 4.79 Å². The van der Waals surface area contributed by atoms with Crippen molar-refractivity contribution in [2.75, 3.05) is 0 Å². The lowest BCUT2D eigenvalue weighted by Gasteiger charge is -2.06. The molecule has 0 atom stereocenters. The van der Waals surface area contributed by atoms with Crippen LogP contribution in [0.5, 0.6) is 5.75 Å². The molecule has 2 aromatic rings. The largest absolute Gasteiger partial charge is 0.508 e. The molecule has 0 fully saturated rings. The fraction of sp³-hybridized carbons (Fsp3) is 0.133. The van der Waals surface area contributed by atoms with Crippen molar-refractivity contribution >= 4 is 11.9 Å². The number of nitrogens with one attached hydrogen (secondary N) is 1. The van der Waals surface area contributed by atoms with Crippen LogP contribution in [-0.4, -0.2) is 27.1 Å². The van der Waals surface area contributed by atoms with E-state index in [4.69, 9.17) is 10.2 Å². The Kier molecular flexibility index (Phi) is 4.50. The average Bonchev–Trinajstić information content (AvgIpc) is 2.48. The number of aromatic hydroxyl groups is 1. The van der Waals surface area contributed by atoms with Crippen LogP contribution in [0.15, 0.2) is 42.6 Å². The molecule has 0 unspecified atom stereocenters. The molecule has 3 N–H and O–H groups in total. The Bertz CT molecular complexity index is 653. The Hall–Kier alpha value is -2.89. The van der Waals surface area contributed by atoms with Gasteiger partial charge in [-0.3, -0.25) is 9.78 Å². The summed E-state index contributed by atoms with van der Waals surface area (Å²) in [5, 5.41) is 20.7. The quantitative estimate of drug-likeness (QED) is 0.770. The molecule has 6 nitrogen and oxygen atoms in total. The molecule has 0 aliphatic heterocycles. The normalized spacial score (nSPS) is 10.1. The van der Waals surface area contributed by atoms with Gasteiger partial charge in [0, 0.05) is 6.20 Å². The zero-order valence-electron chi connectivity index (χ0n) is 11.1. The van der Waals surface area contributed by atoms with Gasteiger partial charge in [0.1, 0.15) is 5.75 Å². The molecule has 1 heterocycles. The Morgan fingerprint density at radius 3 is 2.52 bits per heavy atom. The van der Waals surface area contributed by atoms with Gasteiger partial charge in [0.15, 0.2) is 0 Å². The number of carboxylic acids is 1. The van der Waals surface area contributed by atoms with E-state index in [0.717, 1.165) is 5.56 Å². The maximum absolute atomic E-state index is 11.8. The predicted octanol–water partition coefficient (Wildman–Crippen LogP) is 1.34. The highest BCUT2D eigenvalue weighted by atomic mass is 16.4.